The van der Waals surface area contributed by atoms with E-state index in [1.807, 2.05) is 0 Å². The van der Waals surface area contributed by atoms with Crippen molar-refractivity contribution in [3.8, 4) is 0 Å². The molecule has 1 aromatic rings. The Morgan fingerprint density at radius 3 is 2.29 bits per heavy atom. The molecule has 0 amide bonds. The van der Waals surface area contributed by atoms with E-state index in [0.717, 1.165) is 10.6 Å². The van der Waals surface area contributed by atoms with Crippen LogP contribution in [0.1, 0.15) is 12.5 Å². The minimum Gasteiger partial charge on any atom is -0.480 e. The first-order chi connectivity index (χ1) is 7.75. The van der Waals surface area contributed by atoms with Crippen LogP contribution in [0.2, 0.25) is 0 Å². The zero-order chi connectivity index (χ0) is 13.2. The van der Waals surface area contributed by atoms with Gasteiger partial charge in [0.05, 0.1) is 11.9 Å². The Kier molecular flexibility index (Phi) is 3.77. The highest BCUT2D eigenvalue weighted by Crippen LogP contribution is 2.24. The molecule has 0 fully saturated rings. The number of aryl methyl sites for hydroxylation is 1. The number of anilines is 1. The summed E-state index contributed by atoms with van der Waals surface area (Å²) < 4.78 is 24.3. The van der Waals surface area contributed by atoms with Gasteiger partial charge in [0.15, 0.2) is 0 Å². The van der Waals surface area contributed by atoms with Crippen LogP contribution in [0.4, 0.5) is 5.69 Å². The van der Waals surface area contributed by atoms with Gasteiger partial charge < -0.3 is 5.11 Å². The minimum absolute atomic E-state index is 0.393. The smallest absolute Gasteiger partial charge is 0.327 e. The van der Waals surface area contributed by atoms with E-state index in [1.54, 1.807) is 31.2 Å². The molecule has 0 saturated heterocycles. The monoisotopic (exact) mass is 257 g/mol. The fourth-order valence-electron chi connectivity index (χ4n) is 1.59. The first-order valence-corrected chi connectivity index (χ1v) is 6.88. The van der Waals surface area contributed by atoms with Crippen LogP contribution in [0, 0.1) is 6.92 Å². The molecule has 0 radical (unpaired) electrons. The number of hydrogen-bond acceptors (Lipinski definition) is 3. The minimum atomic E-state index is -3.63. The molecule has 0 aromatic heterocycles. The van der Waals surface area contributed by atoms with Crippen LogP contribution >= 0.6 is 0 Å². The maximum Gasteiger partial charge on any atom is 0.327 e. The molecule has 0 aliphatic rings. The summed E-state index contributed by atoms with van der Waals surface area (Å²) in [6, 6.07) is 5.64. The van der Waals surface area contributed by atoms with Crippen LogP contribution in [0.3, 0.4) is 0 Å². The third-order valence-electron chi connectivity index (χ3n) is 2.42. The molecule has 0 spiro atoms. The van der Waals surface area contributed by atoms with Gasteiger partial charge in [-0.1, -0.05) is 18.2 Å². The number of benzene rings is 1. The van der Waals surface area contributed by atoms with Gasteiger partial charge >= 0.3 is 5.97 Å². The van der Waals surface area contributed by atoms with Crippen molar-refractivity contribution in [2.24, 2.45) is 0 Å². The fraction of sp³-hybridized carbons (Fsp3) is 0.364. The Morgan fingerprint density at radius 2 is 1.88 bits per heavy atom. The third-order valence-corrected chi connectivity index (χ3v) is 3.65. The van der Waals surface area contributed by atoms with Crippen molar-refractivity contribution in [2.45, 2.75) is 19.9 Å². The van der Waals surface area contributed by atoms with Crippen molar-refractivity contribution >= 4 is 21.7 Å². The van der Waals surface area contributed by atoms with E-state index in [0.29, 0.717) is 11.3 Å². The highest BCUT2D eigenvalue weighted by Gasteiger charge is 2.29. The normalized spacial score (nSPS) is 13.1. The molecule has 0 aliphatic carbocycles. The number of hydrogen-bond donors (Lipinski definition) is 1. The zero-order valence-corrected chi connectivity index (χ0v) is 10.7. The van der Waals surface area contributed by atoms with E-state index in [1.165, 1.54) is 6.92 Å². The van der Waals surface area contributed by atoms with Gasteiger partial charge in [0.25, 0.3) is 0 Å². The summed E-state index contributed by atoms with van der Waals surface area (Å²) >= 11 is 0. The summed E-state index contributed by atoms with van der Waals surface area (Å²) in [6.07, 6.45) is 0.999. The van der Waals surface area contributed by atoms with Crippen molar-refractivity contribution in [3.05, 3.63) is 29.8 Å². The lowest BCUT2D eigenvalue weighted by Gasteiger charge is -2.27. The number of nitrogens with zero attached hydrogens (tertiary/aromatic N) is 1. The molecule has 17 heavy (non-hydrogen) atoms. The summed E-state index contributed by atoms with van der Waals surface area (Å²) in [5.74, 6) is -1.18. The number of para-hydroxylation sites is 1. The second-order valence-electron chi connectivity index (χ2n) is 3.86. The van der Waals surface area contributed by atoms with Crippen molar-refractivity contribution in [1.82, 2.24) is 0 Å². The molecule has 5 nitrogen and oxygen atoms in total. The van der Waals surface area contributed by atoms with Gasteiger partial charge in [0.1, 0.15) is 6.04 Å². The Bertz CT molecular complexity index is 524. The second kappa shape index (κ2) is 4.75. The Balaban J connectivity index is 3.36. The molecule has 1 rings (SSSR count). The van der Waals surface area contributed by atoms with Gasteiger partial charge in [-0.3, -0.25) is 4.31 Å². The van der Waals surface area contributed by atoms with Gasteiger partial charge in [0.2, 0.25) is 10.0 Å². The van der Waals surface area contributed by atoms with Gasteiger partial charge in [0, 0.05) is 0 Å². The first-order valence-electron chi connectivity index (χ1n) is 5.03. The maximum absolute atomic E-state index is 11.7. The molecule has 0 aliphatic heterocycles. The number of sulfonamides is 1. The number of aliphatic carboxylic acids is 1. The largest absolute Gasteiger partial charge is 0.480 e. The topological polar surface area (TPSA) is 74.7 Å². The summed E-state index contributed by atoms with van der Waals surface area (Å²) in [6.45, 7) is 3.08. The average Bonchev–Trinajstić information content (AvgIpc) is 2.19. The fourth-order valence-corrected chi connectivity index (χ4v) is 2.81. The van der Waals surface area contributed by atoms with Crippen LogP contribution in [-0.2, 0) is 14.8 Å². The van der Waals surface area contributed by atoms with Gasteiger partial charge in [-0.05, 0) is 25.5 Å². The van der Waals surface area contributed by atoms with Crippen molar-refractivity contribution in [1.29, 1.82) is 0 Å². The Morgan fingerprint density at radius 1 is 1.35 bits per heavy atom. The highest BCUT2D eigenvalue weighted by atomic mass is 32.2. The van der Waals surface area contributed by atoms with Crippen LogP contribution in [0.25, 0.3) is 0 Å². The van der Waals surface area contributed by atoms with Gasteiger partial charge in [-0.15, -0.1) is 0 Å². The number of rotatable bonds is 4. The molecule has 0 bridgehead atoms. The number of carboxylic acid groups (broad SMARTS) is 1. The summed E-state index contributed by atoms with van der Waals surface area (Å²) in [7, 11) is -3.63. The predicted molar refractivity (Wildman–Crippen MR) is 65.6 cm³/mol. The van der Waals surface area contributed by atoms with Crippen molar-refractivity contribution < 1.29 is 18.3 Å². The third kappa shape index (κ3) is 2.97. The molecule has 0 unspecified atom stereocenters. The molecular weight excluding hydrogens is 242 g/mol. The average molecular weight is 257 g/mol. The van der Waals surface area contributed by atoms with Crippen LogP contribution in [0.15, 0.2) is 24.3 Å². The molecule has 0 heterocycles. The highest BCUT2D eigenvalue weighted by molar-refractivity contribution is 7.92. The first kappa shape index (κ1) is 13.5. The lowest BCUT2D eigenvalue weighted by molar-refractivity contribution is -0.137. The molecule has 1 atom stereocenters. The quantitative estimate of drug-likeness (QED) is 0.880. The summed E-state index contributed by atoms with van der Waals surface area (Å²) in [5, 5.41) is 8.96. The molecule has 0 saturated carbocycles. The second-order valence-corrected chi connectivity index (χ2v) is 5.72. The molecular formula is C11H15NO4S. The summed E-state index contributed by atoms with van der Waals surface area (Å²) in [4.78, 5) is 11.0. The molecule has 6 heteroatoms. The lowest BCUT2D eigenvalue weighted by atomic mass is 10.2. The zero-order valence-electron chi connectivity index (χ0n) is 9.91. The van der Waals surface area contributed by atoms with Gasteiger partial charge in [-0.2, -0.15) is 0 Å². The summed E-state index contributed by atoms with van der Waals surface area (Å²) in [5.41, 5.74) is 1.11. The van der Waals surface area contributed by atoms with E-state index in [-0.39, 0.29) is 0 Å². The van der Waals surface area contributed by atoms with E-state index in [4.69, 9.17) is 5.11 Å². The van der Waals surface area contributed by atoms with Crippen LogP contribution in [-0.4, -0.2) is 31.8 Å². The standard InChI is InChI=1S/C11H15NO4S/c1-8-6-4-5-7-10(8)12(17(3,15)16)9(2)11(13)14/h4-7,9H,1-3H3,(H,13,14)/t9-/m1/s1. The maximum atomic E-state index is 11.7. The predicted octanol–water partition coefficient (Wildman–Crippen LogP) is 1.23. The Labute approximate surface area is 101 Å². The van der Waals surface area contributed by atoms with E-state index >= 15 is 0 Å². The Hall–Kier alpha value is -1.56. The van der Waals surface area contributed by atoms with Crippen molar-refractivity contribution in [2.75, 3.05) is 10.6 Å². The number of carbonyl (C=O) groups is 1. The number of carboxylic acids is 1. The van der Waals surface area contributed by atoms with Crippen LogP contribution < -0.4 is 4.31 Å². The molecule has 1 N–H and O–H groups in total. The van der Waals surface area contributed by atoms with Gasteiger partial charge in [-0.25, -0.2) is 13.2 Å². The van der Waals surface area contributed by atoms with E-state index < -0.39 is 22.0 Å². The van der Waals surface area contributed by atoms with E-state index in [9.17, 15) is 13.2 Å². The molecule has 94 valence electrons. The van der Waals surface area contributed by atoms with E-state index in [2.05, 4.69) is 0 Å². The SMILES string of the molecule is Cc1ccccc1N([C@H](C)C(=O)O)S(C)(=O)=O. The van der Waals surface area contributed by atoms with Crippen molar-refractivity contribution in [3.63, 3.8) is 0 Å². The van der Waals surface area contributed by atoms with Crippen LogP contribution in [0.5, 0.6) is 0 Å². The molecule has 1 aromatic carbocycles. The lowest BCUT2D eigenvalue weighted by Crippen LogP contribution is -2.43.